The Morgan fingerprint density at radius 3 is 2.58 bits per heavy atom. The van der Waals surface area contributed by atoms with Gasteiger partial charge in [-0.1, -0.05) is 13.8 Å². The molecule has 2 unspecified atom stereocenters. The first kappa shape index (κ1) is 14.0. The van der Waals surface area contributed by atoms with Crippen LogP contribution >= 0.6 is 0 Å². The van der Waals surface area contributed by atoms with Crippen molar-refractivity contribution in [3.8, 4) is 0 Å². The van der Waals surface area contributed by atoms with Crippen LogP contribution in [0.15, 0.2) is 24.3 Å². The predicted octanol–water partition coefficient (Wildman–Crippen LogP) is 2.43. The normalized spacial score (nSPS) is 23.4. The summed E-state index contributed by atoms with van der Waals surface area (Å²) in [6, 6.07) is 6.38. The SMILES string of the molecule is CCC1CN(C(=O)c2ccc(F)cc2)C(CC)CN1. The van der Waals surface area contributed by atoms with Gasteiger partial charge < -0.3 is 10.2 Å². The monoisotopic (exact) mass is 264 g/mol. The summed E-state index contributed by atoms with van der Waals surface area (Å²) in [7, 11) is 0. The number of hydrogen-bond donors (Lipinski definition) is 1. The second-order valence-corrected chi connectivity index (χ2v) is 5.04. The summed E-state index contributed by atoms with van der Waals surface area (Å²) in [5, 5.41) is 3.46. The zero-order valence-corrected chi connectivity index (χ0v) is 11.5. The number of carbonyl (C=O) groups excluding carboxylic acids is 1. The van der Waals surface area contributed by atoms with Crippen LogP contribution in [0.2, 0.25) is 0 Å². The fourth-order valence-electron chi connectivity index (χ4n) is 2.51. The van der Waals surface area contributed by atoms with Crippen LogP contribution in [0, 0.1) is 5.82 Å². The van der Waals surface area contributed by atoms with Crippen LogP contribution in [-0.4, -0.2) is 36.0 Å². The number of amides is 1. The molecular formula is C15H21FN2O. The quantitative estimate of drug-likeness (QED) is 0.909. The maximum absolute atomic E-state index is 12.9. The molecule has 104 valence electrons. The summed E-state index contributed by atoms with van der Waals surface area (Å²) < 4.78 is 12.9. The van der Waals surface area contributed by atoms with Gasteiger partial charge in [0.05, 0.1) is 0 Å². The van der Waals surface area contributed by atoms with E-state index < -0.39 is 0 Å². The molecule has 4 heteroatoms. The molecule has 0 bridgehead atoms. The van der Waals surface area contributed by atoms with Gasteiger partial charge in [0.2, 0.25) is 0 Å². The largest absolute Gasteiger partial charge is 0.333 e. The third-order valence-electron chi connectivity index (χ3n) is 3.82. The lowest BCUT2D eigenvalue weighted by atomic mass is 10.0. The van der Waals surface area contributed by atoms with Gasteiger partial charge >= 0.3 is 0 Å². The fraction of sp³-hybridized carbons (Fsp3) is 0.533. The maximum atomic E-state index is 12.9. The Morgan fingerprint density at radius 2 is 2.00 bits per heavy atom. The molecule has 0 radical (unpaired) electrons. The summed E-state index contributed by atoms with van der Waals surface area (Å²) in [5.74, 6) is -0.304. The Morgan fingerprint density at radius 1 is 1.32 bits per heavy atom. The summed E-state index contributed by atoms with van der Waals surface area (Å²) in [6.45, 7) is 5.77. The third-order valence-corrected chi connectivity index (χ3v) is 3.82. The average molecular weight is 264 g/mol. The Bertz CT molecular complexity index is 432. The molecular weight excluding hydrogens is 243 g/mol. The van der Waals surface area contributed by atoms with Gasteiger partial charge in [0.15, 0.2) is 0 Å². The van der Waals surface area contributed by atoms with E-state index in [1.807, 2.05) is 4.90 Å². The van der Waals surface area contributed by atoms with Crippen molar-refractivity contribution in [2.24, 2.45) is 0 Å². The lowest BCUT2D eigenvalue weighted by Crippen LogP contribution is -2.57. The van der Waals surface area contributed by atoms with Gasteiger partial charge in [-0.25, -0.2) is 4.39 Å². The molecule has 1 aromatic carbocycles. The van der Waals surface area contributed by atoms with E-state index in [1.165, 1.54) is 12.1 Å². The topological polar surface area (TPSA) is 32.3 Å². The Labute approximate surface area is 113 Å². The molecule has 1 fully saturated rings. The number of piperazine rings is 1. The van der Waals surface area contributed by atoms with Crippen LogP contribution in [0.1, 0.15) is 37.0 Å². The van der Waals surface area contributed by atoms with Crippen LogP contribution in [0.25, 0.3) is 0 Å². The number of carbonyl (C=O) groups is 1. The minimum Gasteiger partial charge on any atom is -0.333 e. The van der Waals surface area contributed by atoms with E-state index in [9.17, 15) is 9.18 Å². The lowest BCUT2D eigenvalue weighted by molar-refractivity contribution is 0.0576. The highest BCUT2D eigenvalue weighted by Gasteiger charge is 2.29. The van der Waals surface area contributed by atoms with Crippen LogP contribution in [-0.2, 0) is 0 Å². The standard InChI is InChI=1S/C15H21FN2O/c1-3-13-10-18(14(4-2)9-17-13)15(19)11-5-7-12(16)8-6-11/h5-8,13-14,17H,3-4,9-10H2,1-2H3. The molecule has 1 amide bonds. The molecule has 1 aliphatic rings. The van der Waals surface area contributed by atoms with E-state index in [-0.39, 0.29) is 17.8 Å². The number of hydrogen-bond acceptors (Lipinski definition) is 2. The van der Waals surface area contributed by atoms with Crippen molar-refractivity contribution in [2.45, 2.75) is 38.8 Å². The molecule has 0 spiro atoms. The molecule has 3 nitrogen and oxygen atoms in total. The van der Waals surface area contributed by atoms with Crippen molar-refractivity contribution in [1.29, 1.82) is 0 Å². The van der Waals surface area contributed by atoms with Crippen molar-refractivity contribution >= 4 is 5.91 Å². The molecule has 1 N–H and O–H groups in total. The highest BCUT2D eigenvalue weighted by molar-refractivity contribution is 5.94. The summed E-state index contributed by atoms with van der Waals surface area (Å²) in [4.78, 5) is 14.4. The van der Waals surface area contributed by atoms with E-state index in [4.69, 9.17) is 0 Å². The fourth-order valence-corrected chi connectivity index (χ4v) is 2.51. The summed E-state index contributed by atoms with van der Waals surface area (Å²) in [6.07, 6.45) is 1.93. The number of rotatable bonds is 3. The molecule has 0 saturated carbocycles. The first-order valence-corrected chi connectivity index (χ1v) is 6.95. The molecule has 1 saturated heterocycles. The molecule has 1 aliphatic heterocycles. The highest BCUT2D eigenvalue weighted by atomic mass is 19.1. The number of nitrogens with one attached hydrogen (secondary N) is 1. The number of nitrogens with zero attached hydrogens (tertiary/aromatic N) is 1. The number of halogens is 1. The maximum Gasteiger partial charge on any atom is 0.254 e. The zero-order valence-electron chi connectivity index (χ0n) is 11.5. The van der Waals surface area contributed by atoms with Crippen LogP contribution < -0.4 is 5.32 Å². The summed E-state index contributed by atoms with van der Waals surface area (Å²) in [5.41, 5.74) is 0.566. The lowest BCUT2D eigenvalue weighted by Gasteiger charge is -2.40. The second kappa shape index (κ2) is 6.15. The van der Waals surface area contributed by atoms with E-state index in [2.05, 4.69) is 19.2 Å². The van der Waals surface area contributed by atoms with Crippen molar-refractivity contribution in [1.82, 2.24) is 10.2 Å². The highest BCUT2D eigenvalue weighted by Crippen LogP contribution is 2.16. The molecule has 0 aromatic heterocycles. The van der Waals surface area contributed by atoms with Crippen molar-refractivity contribution in [3.63, 3.8) is 0 Å². The molecule has 1 heterocycles. The smallest absolute Gasteiger partial charge is 0.254 e. The minimum atomic E-state index is -0.310. The van der Waals surface area contributed by atoms with Crippen molar-refractivity contribution in [3.05, 3.63) is 35.6 Å². The van der Waals surface area contributed by atoms with E-state index >= 15 is 0 Å². The first-order chi connectivity index (χ1) is 9.15. The first-order valence-electron chi connectivity index (χ1n) is 6.95. The van der Waals surface area contributed by atoms with E-state index in [0.717, 1.165) is 25.9 Å². The zero-order chi connectivity index (χ0) is 13.8. The van der Waals surface area contributed by atoms with Crippen LogP contribution in [0.3, 0.4) is 0 Å². The van der Waals surface area contributed by atoms with Gasteiger partial charge in [-0.3, -0.25) is 4.79 Å². The third kappa shape index (κ3) is 3.13. The molecule has 1 aromatic rings. The van der Waals surface area contributed by atoms with Crippen LogP contribution in [0.5, 0.6) is 0 Å². The number of benzene rings is 1. The molecule has 2 atom stereocenters. The Balaban J connectivity index is 2.16. The second-order valence-electron chi connectivity index (χ2n) is 5.04. The minimum absolute atomic E-state index is 0.00630. The predicted molar refractivity (Wildman–Crippen MR) is 73.6 cm³/mol. The van der Waals surface area contributed by atoms with Gasteiger partial charge in [0.1, 0.15) is 5.82 Å². The van der Waals surface area contributed by atoms with Gasteiger partial charge in [0.25, 0.3) is 5.91 Å². The van der Waals surface area contributed by atoms with E-state index in [0.29, 0.717) is 11.6 Å². The van der Waals surface area contributed by atoms with Crippen molar-refractivity contribution in [2.75, 3.05) is 13.1 Å². The van der Waals surface area contributed by atoms with Crippen LogP contribution in [0.4, 0.5) is 4.39 Å². The van der Waals surface area contributed by atoms with Gasteiger partial charge in [-0.05, 0) is 37.1 Å². The summed E-state index contributed by atoms with van der Waals surface area (Å²) >= 11 is 0. The van der Waals surface area contributed by atoms with Gasteiger partial charge in [-0.2, -0.15) is 0 Å². The van der Waals surface area contributed by atoms with Gasteiger partial charge in [0, 0.05) is 30.7 Å². The molecule has 19 heavy (non-hydrogen) atoms. The van der Waals surface area contributed by atoms with Crippen molar-refractivity contribution < 1.29 is 9.18 Å². The molecule has 0 aliphatic carbocycles. The average Bonchev–Trinajstić information content (AvgIpc) is 2.46. The van der Waals surface area contributed by atoms with Gasteiger partial charge in [-0.15, -0.1) is 0 Å². The van der Waals surface area contributed by atoms with E-state index in [1.54, 1.807) is 12.1 Å². The molecule has 2 rings (SSSR count). The Kier molecular flexibility index (Phi) is 4.53. The Hall–Kier alpha value is -1.42.